The molecule has 0 atom stereocenters. The lowest BCUT2D eigenvalue weighted by Crippen LogP contribution is -2.08. The molecule has 0 saturated heterocycles. The summed E-state index contributed by atoms with van der Waals surface area (Å²) in [5, 5.41) is 0. The van der Waals surface area contributed by atoms with E-state index in [2.05, 4.69) is 6.26 Å². The minimum absolute atomic E-state index is 0.0311. The van der Waals surface area contributed by atoms with E-state index in [1.54, 1.807) is 31.0 Å². The number of nitrogens with zero attached hydrogens (tertiary/aromatic N) is 1. The van der Waals surface area contributed by atoms with Crippen LogP contribution >= 0.6 is 11.8 Å². The predicted molar refractivity (Wildman–Crippen MR) is 102 cm³/mol. The van der Waals surface area contributed by atoms with Gasteiger partial charge in [-0.1, -0.05) is 6.07 Å². The van der Waals surface area contributed by atoms with Gasteiger partial charge in [0.05, 0.1) is 13.7 Å². The number of hydrogen-bond donors (Lipinski definition) is 0. The number of methoxy groups -OCH3 is 1. The first-order valence-electron chi connectivity index (χ1n) is 7.73. The van der Waals surface area contributed by atoms with Crippen molar-refractivity contribution in [1.82, 2.24) is 4.57 Å². The minimum Gasteiger partial charge on any atom is -0.493 e. The van der Waals surface area contributed by atoms with Gasteiger partial charge in [0.25, 0.3) is 0 Å². The maximum atomic E-state index is 11.5. The quantitative estimate of drug-likeness (QED) is 0.715. The molecule has 1 aromatic carbocycles. The van der Waals surface area contributed by atoms with E-state index in [9.17, 15) is 4.79 Å². The second-order valence-corrected chi connectivity index (χ2v) is 6.40. The highest BCUT2D eigenvalue weighted by Crippen LogP contribution is 2.28. The van der Waals surface area contributed by atoms with Crippen LogP contribution in [0.25, 0.3) is 12.3 Å². The van der Waals surface area contributed by atoms with Crippen LogP contribution in [-0.4, -0.2) is 30.3 Å². The van der Waals surface area contributed by atoms with Crippen molar-refractivity contribution < 1.29 is 9.47 Å². The molecule has 0 aliphatic heterocycles. The number of hydrogen-bond acceptors (Lipinski definition) is 4. The largest absolute Gasteiger partial charge is 0.493 e. The maximum absolute atomic E-state index is 11.5. The average Bonchev–Trinajstić information content (AvgIpc) is 2.54. The zero-order valence-electron chi connectivity index (χ0n) is 14.5. The Morgan fingerprint density at radius 1 is 1.12 bits per heavy atom. The van der Waals surface area contributed by atoms with Crippen molar-refractivity contribution in [2.45, 2.75) is 13.8 Å². The van der Waals surface area contributed by atoms with Gasteiger partial charge in [-0.25, -0.2) is 0 Å². The van der Waals surface area contributed by atoms with Crippen molar-refractivity contribution in [2.75, 3.05) is 25.7 Å². The molecule has 2 rings (SSSR count). The molecule has 0 saturated carbocycles. The third-order valence-corrected chi connectivity index (χ3v) is 4.19. The number of aromatic nitrogens is 1. The number of thioether (sulfide) groups is 1. The molecule has 2 aromatic rings. The summed E-state index contributed by atoms with van der Waals surface area (Å²) >= 11 is 1.74. The lowest BCUT2D eigenvalue weighted by molar-refractivity contribution is 0.313. The molecule has 0 unspecified atom stereocenters. The van der Waals surface area contributed by atoms with E-state index < -0.39 is 0 Å². The Hall–Kier alpha value is -2.14. The van der Waals surface area contributed by atoms with E-state index in [4.69, 9.17) is 9.47 Å². The molecule has 0 aliphatic rings. The molecule has 0 amide bonds. The summed E-state index contributed by atoms with van der Waals surface area (Å²) in [7, 11) is 1.64. The highest BCUT2D eigenvalue weighted by molar-refractivity contribution is 7.98. The summed E-state index contributed by atoms with van der Waals surface area (Å²) < 4.78 is 13.1. The zero-order chi connectivity index (χ0) is 17.5. The Labute approximate surface area is 147 Å². The molecule has 128 valence electrons. The van der Waals surface area contributed by atoms with Crippen LogP contribution in [-0.2, 0) is 0 Å². The second-order valence-electron chi connectivity index (χ2n) is 5.41. The number of ether oxygens (including phenoxy) is 2. The fraction of sp³-hybridized carbons (Fsp3) is 0.316. The molecule has 0 aliphatic carbocycles. The minimum atomic E-state index is 0.0311. The average molecular weight is 345 g/mol. The molecule has 0 spiro atoms. The fourth-order valence-corrected chi connectivity index (χ4v) is 2.66. The van der Waals surface area contributed by atoms with Crippen molar-refractivity contribution in [3.63, 3.8) is 0 Å². The lowest BCUT2D eigenvalue weighted by Gasteiger charge is -2.12. The molecular formula is C19H23NO3S. The van der Waals surface area contributed by atoms with Crippen LogP contribution in [0.2, 0.25) is 0 Å². The SMILES string of the molecule is COc1ccc(/C=C/n2c(C)cc(=O)cc2C)cc1OCCSC. The number of aryl methyl sites for hydroxylation is 2. The van der Waals surface area contributed by atoms with Crippen LogP contribution in [0.3, 0.4) is 0 Å². The molecular weight excluding hydrogens is 322 g/mol. The Balaban J connectivity index is 2.26. The van der Waals surface area contributed by atoms with E-state index in [0.29, 0.717) is 6.61 Å². The molecule has 0 N–H and O–H groups in total. The molecule has 1 heterocycles. The Kier molecular flexibility index (Phi) is 6.55. The molecule has 0 fully saturated rings. The van der Waals surface area contributed by atoms with Crippen LogP contribution in [0.4, 0.5) is 0 Å². The first kappa shape index (κ1) is 18.2. The van der Waals surface area contributed by atoms with Crippen LogP contribution in [0.5, 0.6) is 11.5 Å². The lowest BCUT2D eigenvalue weighted by atomic mass is 10.2. The van der Waals surface area contributed by atoms with Gasteiger partial charge in [0.2, 0.25) is 0 Å². The van der Waals surface area contributed by atoms with E-state index in [1.165, 1.54) is 0 Å². The van der Waals surface area contributed by atoms with E-state index in [-0.39, 0.29) is 5.43 Å². The van der Waals surface area contributed by atoms with Crippen LogP contribution < -0.4 is 14.9 Å². The van der Waals surface area contributed by atoms with Crippen LogP contribution in [0.1, 0.15) is 17.0 Å². The Morgan fingerprint density at radius 2 is 1.83 bits per heavy atom. The van der Waals surface area contributed by atoms with Crippen molar-refractivity contribution >= 4 is 24.0 Å². The molecule has 4 nitrogen and oxygen atoms in total. The van der Waals surface area contributed by atoms with Crippen molar-refractivity contribution in [3.8, 4) is 11.5 Å². The van der Waals surface area contributed by atoms with Crippen LogP contribution in [0.15, 0.2) is 35.1 Å². The fourth-order valence-electron chi connectivity index (χ4n) is 2.41. The Morgan fingerprint density at radius 3 is 2.46 bits per heavy atom. The first-order chi connectivity index (χ1) is 11.5. The first-order valence-corrected chi connectivity index (χ1v) is 9.12. The molecule has 0 bridgehead atoms. The van der Waals surface area contributed by atoms with Crippen LogP contribution in [0, 0.1) is 13.8 Å². The van der Waals surface area contributed by atoms with Gasteiger partial charge in [-0.2, -0.15) is 11.8 Å². The van der Waals surface area contributed by atoms with E-state index in [0.717, 1.165) is 34.2 Å². The summed E-state index contributed by atoms with van der Waals surface area (Å²) in [5.74, 6) is 2.39. The zero-order valence-corrected chi connectivity index (χ0v) is 15.4. The third kappa shape index (κ3) is 4.68. The van der Waals surface area contributed by atoms with Gasteiger partial charge in [0, 0.05) is 35.5 Å². The summed E-state index contributed by atoms with van der Waals surface area (Å²) in [6.07, 6.45) is 6.00. The highest BCUT2D eigenvalue weighted by atomic mass is 32.2. The highest BCUT2D eigenvalue weighted by Gasteiger charge is 2.05. The number of rotatable bonds is 7. The molecule has 1 aromatic heterocycles. The number of benzene rings is 1. The summed E-state index contributed by atoms with van der Waals surface area (Å²) in [4.78, 5) is 11.5. The standard InChI is InChI=1S/C19H23NO3S/c1-14-11-17(21)12-15(2)20(14)8-7-16-5-6-18(22-3)19(13-16)23-9-10-24-4/h5-8,11-13H,9-10H2,1-4H3/b8-7+. The molecule has 5 heteroatoms. The van der Waals surface area contributed by atoms with Gasteiger partial charge in [-0.3, -0.25) is 4.79 Å². The van der Waals surface area contributed by atoms with E-state index in [1.807, 2.05) is 48.9 Å². The molecule has 0 radical (unpaired) electrons. The van der Waals surface area contributed by atoms with E-state index >= 15 is 0 Å². The van der Waals surface area contributed by atoms with Gasteiger partial charge in [-0.15, -0.1) is 0 Å². The van der Waals surface area contributed by atoms with Gasteiger partial charge in [0.1, 0.15) is 0 Å². The van der Waals surface area contributed by atoms with Crippen molar-refractivity contribution in [1.29, 1.82) is 0 Å². The second kappa shape index (κ2) is 8.64. The van der Waals surface area contributed by atoms with Gasteiger partial charge in [-0.05, 0) is 43.9 Å². The topological polar surface area (TPSA) is 40.5 Å². The smallest absolute Gasteiger partial charge is 0.182 e. The van der Waals surface area contributed by atoms with Gasteiger partial charge < -0.3 is 14.0 Å². The maximum Gasteiger partial charge on any atom is 0.182 e. The van der Waals surface area contributed by atoms with Gasteiger partial charge in [0.15, 0.2) is 16.9 Å². The normalized spacial score (nSPS) is 11.0. The van der Waals surface area contributed by atoms with Crippen molar-refractivity contribution in [2.24, 2.45) is 0 Å². The number of pyridine rings is 1. The summed E-state index contributed by atoms with van der Waals surface area (Å²) in [5.41, 5.74) is 2.85. The monoisotopic (exact) mass is 345 g/mol. The van der Waals surface area contributed by atoms with Crippen molar-refractivity contribution in [3.05, 3.63) is 57.5 Å². The Bertz CT molecular complexity index is 754. The van der Waals surface area contributed by atoms with Gasteiger partial charge >= 0.3 is 0 Å². The summed E-state index contributed by atoms with van der Waals surface area (Å²) in [6.45, 7) is 4.48. The molecule has 24 heavy (non-hydrogen) atoms. The third-order valence-electron chi connectivity index (χ3n) is 3.61. The predicted octanol–water partition coefficient (Wildman–Crippen LogP) is 3.84. The summed E-state index contributed by atoms with van der Waals surface area (Å²) in [6, 6.07) is 9.09.